The number of carbonyl (C=O) groups is 6. The van der Waals surface area contributed by atoms with Gasteiger partial charge in [-0.15, -0.1) is 0 Å². The number of carbonyl (C=O) groups excluding carboxylic acids is 4. The minimum Gasteiger partial charge on any atom is -0.481 e. The highest BCUT2D eigenvalue weighted by Crippen LogP contribution is 2.22. The largest absolute Gasteiger partial charge is 0.481 e. The Balaban J connectivity index is 0.000000241. The number of benzene rings is 4. The van der Waals surface area contributed by atoms with Gasteiger partial charge in [-0.1, -0.05) is 24.3 Å². The Hall–Kier alpha value is -10.7. The quantitative estimate of drug-likeness (QED) is 0.0307. The molecule has 4 aromatic carbocycles. The lowest BCUT2D eigenvalue weighted by atomic mass is 10.1. The third-order valence-corrected chi connectivity index (χ3v) is 12.6. The van der Waals surface area contributed by atoms with E-state index in [4.69, 9.17) is 49.0 Å². The summed E-state index contributed by atoms with van der Waals surface area (Å²) in [4.78, 5) is 111. The lowest BCUT2D eigenvalue weighted by Crippen LogP contribution is -2.43. The Morgan fingerprint density at radius 3 is 1.37 bits per heavy atom. The number of carboxylic acid groups (broad SMARTS) is 2. The van der Waals surface area contributed by atoms with Crippen LogP contribution in [0.15, 0.2) is 109 Å². The van der Waals surface area contributed by atoms with Crippen LogP contribution in [0.1, 0.15) is 68.9 Å². The molecule has 436 valence electrons. The first-order chi connectivity index (χ1) is 40.2. The second-order valence-electron chi connectivity index (χ2n) is 18.9. The number of hydrogen-bond acceptors (Lipinski definition) is 24. The van der Waals surface area contributed by atoms with Crippen molar-refractivity contribution in [3.8, 4) is 11.5 Å². The molecule has 0 saturated heterocycles. The molecule has 0 aliphatic carbocycles. The van der Waals surface area contributed by atoms with Gasteiger partial charge >= 0.3 is 23.9 Å². The highest BCUT2D eigenvalue weighted by atomic mass is 16.5. The number of anilines is 6. The van der Waals surface area contributed by atoms with Crippen LogP contribution in [0.4, 0.5) is 34.9 Å². The van der Waals surface area contributed by atoms with Gasteiger partial charge in [-0.3, -0.25) is 19.2 Å². The van der Waals surface area contributed by atoms with E-state index in [1.807, 2.05) is 23.9 Å². The molecule has 8 aromatic rings. The number of nitrogen functional groups attached to an aromatic ring is 4. The van der Waals surface area contributed by atoms with Crippen LogP contribution in [-0.4, -0.2) is 125 Å². The van der Waals surface area contributed by atoms with Gasteiger partial charge in [-0.25, -0.2) is 29.5 Å². The van der Waals surface area contributed by atoms with E-state index in [2.05, 4.69) is 50.5 Å². The summed E-state index contributed by atoms with van der Waals surface area (Å²) < 4.78 is 10.7. The summed E-state index contributed by atoms with van der Waals surface area (Å²) in [6.45, 7) is 1.73. The zero-order valence-corrected chi connectivity index (χ0v) is 45.7. The molecule has 2 amide bonds. The van der Waals surface area contributed by atoms with Crippen LogP contribution in [0.2, 0.25) is 0 Å². The number of nitrogens with two attached hydrogens (primary N) is 6. The fourth-order valence-corrected chi connectivity index (χ4v) is 8.19. The Labute approximate surface area is 480 Å². The van der Waals surface area contributed by atoms with E-state index in [0.29, 0.717) is 78.5 Å². The predicted molar refractivity (Wildman–Crippen MR) is 311 cm³/mol. The minimum absolute atomic E-state index is 0.0149. The van der Waals surface area contributed by atoms with Crippen LogP contribution >= 0.6 is 0 Å². The fraction of sp³-hybridized carbons (Fsp3) is 0.250. The van der Waals surface area contributed by atoms with E-state index in [0.717, 1.165) is 22.5 Å². The van der Waals surface area contributed by atoms with Crippen LogP contribution in [0.5, 0.6) is 11.5 Å². The van der Waals surface area contributed by atoms with Gasteiger partial charge in [0.25, 0.3) is 11.8 Å². The number of rotatable bonds is 24. The molecular weight excluding hydrogens is 1080 g/mol. The molecule has 4 heterocycles. The fourth-order valence-electron chi connectivity index (χ4n) is 8.19. The van der Waals surface area contributed by atoms with E-state index in [9.17, 15) is 33.9 Å². The van der Waals surface area contributed by atoms with E-state index in [-0.39, 0.29) is 66.1 Å². The third-order valence-electron chi connectivity index (χ3n) is 12.6. The maximum absolute atomic E-state index is 13.0. The van der Waals surface area contributed by atoms with Gasteiger partial charge in [0.05, 0.1) is 36.9 Å². The molecule has 84 heavy (non-hydrogen) atoms. The second-order valence-corrected chi connectivity index (χ2v) is 18.9. The molecule has 0 aliphatic rings. The second kappa shape index (κ2) is 28.6. The van der Waals surface area contributed by atoms with Crippen LogP contribution in [0.25, 0.3) is 22.3 Å². The summed E-state index contributed by atoms with van der Waals surface area (Å²) in [5.74, 6) is -3.95. The smallest absolute Gasteiger partial charge is 0.334 e. The van der Waals surface area contributed by atoms with Gasteiger partial charge in [0.1, 0.15) is 23.6 Å². The first kappa shape index (κ1) is 60.9. The van der Waals surface area contributed by atoms with Crippen molar-refractivity contribution in [2.24, 2.45) is 11.5 Å². The first-order valence-electron chi connectivity index (χ1n) is 26.0. The maximum Gasteiger partial charge on any atom is 0.334 e. The number of ether oxygens (including phenoxy) is 2. The van der Waals surface area contributed by atoms with Crippen molar-refractivity contribution >= 4 is 92.9 Å². The maximum atomic E-state index is 13.0. The normalized spacial score (nSPS) is 11.6. The molecular formula is C56H62N18O10. The lowest BCUT2D eigenvalue weighted by molar-refractivity contribution is -0.141. The molecule has 0 radical (unpaired) electrons. The van der Waals surface area contributed by atoms with Crippen molar-refractivity contribution in [3.05, 3.63) is 143 Å². The number of hydrogen-bond donors (Lipinski definition) is 10. The highest BCUT2D eigenvalue weighted by molar-refractivity contribution is 5.98. The zero-order valence-electron chi connectivity index (χ0n) is 45.7. The van der Waals surface area contributed by atoms with Crippen LogP contribution < -0.4 is 64.3 Å². The van der Waals surface area contributed by atoms with Crippen LogP contribution in [-0.2, 0) is 45.1 Å². The number of aromatic nitrogens is 8. The van der Waals surface area contributed by atoms with E-state index < -0.39 is 47.8 Å². The van der Waals surface area contributed by atoms with Crippen molar-refractivity contribution in [1.29, 1.82) is 0 Å². The van der Waals surface area contributed by atoms with Crippen molar-refractivity contribution in [2.45, 2.75) is 63.7 Å². The van der Waals surface area contributed by atoms with Crippen molar-refractivity contribution in [1.82, 2.24) is 50.5 Å². The summed E-state index contributed by atoms with van der Waals surface area (Å²) in [7, 11) is 3.67. The van der Waals surface area contributed by atoms with Gasteiger partial charge in [-0.2, -0.15) is 19.9 Å². The average Bonchev–Trinajstić information content (AvgIpc) is 2.63. The first-order valence-corrected chi connectivity index (χ1v) is 26.0. The van der Waals surface area contributed by atoms with E-state index >= 15 is 0 Å². The van der Waals surface area contributed by atoms with Gasteiger partial charge in [-0.05, 0) is 123 Å². The number of esters is 2. The molecule has 16 N–H and O–H groups in total. The van der Waals surface area contributed by atoms with Gasteiger partial charge in [0.2, 0.25) is 11.9 Å². The molecule has 8 rings (SSSR count). The highest BCUT2D eigenvalue weighted by Gasteiger charge is 2.26. The number of amides is 2. The lowest BCUT2D eigenvalue weighted by Gasteiger charge is -2.20. The van der Waals surface area contributed by atoms with Gasteiger partial charge in [0.15, 0.2) is 34.0 Å². The molecule has 0 bridgehead atoms. The number of aliphatic carboxylic acids is 2. The number of fused-ring (bicyclic) bond motifs is 2. The summed E-state index contributed by atoms with van der Waals surface area (Å²) in [6, 6.07) is 24.5. The van der Waals surface area contributed by atoms with Crippen molar-refractivity contribution < 1.29 is 48.5 Å². The standard InChI is InChI=1S/2C28H31N9O5/c1-37(15-18-14-32-25-23(33-18)24(30)35-28(31)36-25)19-6-4-17(5-7-19)26(39)34-21(27(40)41)10-11-22(38)42-20-8-2-16(3-9-20)12-13-29;1-37(15-18-14-32-25-23(33-18)24(30)35-28(31)36-25)19-6-4-17(5-7-19)26(40)34-21(10-11-22(38)39)27(41)42-20-8-2-16(3-9-20)12-13-29/h2-9,14,21H,10-13,15,29H2,1H3,(H,34,39)(H,40,41)(H4,30,31,32,35,36);2-9,14,21H,10-13,15,29H2,1H3,(H,34,40)(H,38,39)(H4,30,31,32,35,36). The van der Waals surface area contributed by atoms with E-state index in [1.165, 1.54) is 0 Å². The molecule has 28 heteroatoms. The molecule has 0 saturated carbocycles. The van der Waals surface area contributed by atoms with Gasteiger partial charge in [0, 0.05) is 49.4 Å². The minimum atomic E-state index is -1.28. The SMILES string of the molecule is CN(Cc1cnc2nc(N)nc(N)c2n1)c1ccc(C(=O)NC(CCC(=O)O)C(=O)Oc2ccc(CCN)cc2)cc1.CN(Cc1cnc2nc(N)nc(N)c2n1)c1ccc(C(=O)NC(CCC(=O)Oc2ccc(CCN)cc2)C(=O)O)cc1. The van der Waals surface area contributed by atoms with Crippen molar-refractivity contribution in [2.75, 3.05) is 59.9 Å². The number of nitrogens with zero attached hydrogens (tertiary/aromatic N) is 10. The topological polar surface area (TPSA) is 451 Å². The predicted octanol–water partition coefficient (Wildman–Crippen LogP) is 2.58. The van der Waals surface area contributed by atoms with Gasteiger partial charge < -0.3 is 74.5 Å². The summed E-state index contributed by atoms with van der Waals surface area (Å²) in [5, 5.41) is 23.8. The summed E-state index contributed by atoms with van der Waals surface area (Å²) in [5.41, 5.74) is 40.7. The molecule has 0 spiro atoms. The Kier molecular flexibility index (Phi) is 20.7. The van der Waals surface area contributed by atoms with Crippen molar-refractivity contribution in [3.63, 3.8) is 0 Å². The average molecular weight is 1150 g/mol. The monoisotopic (exact) mass is 1150 g/mol. The molecule has 2 atom stereocenters. The number of nitrogens with one attached hydrogen (secondary N) is 2. The Morgan fingerprint density at radius 2 is 0.952 bits per heavy atom. The molecule has 0 fully saturated rings. The van der Waals surface area contributed by atoms with Crippen LogP contribution in [0, 0.1) is 0 Å². The third kappa shape index (κ3) is 17.1. The Morgan fingerprint density at radius 1 is 0.536 bits per heavy atom. The zero-order chi connectivity index (χ0) is 60.5. The molecule has 0 aliphatic heterocycles. The molecule has 28 nitrogen and oxygen atoms in total. The van der Waals surface area contributed by atoms with E-state index in [1.54, 1.807) is 109 Å². The summed E-state index contributed by atoms with van der Waals surface area (Å²) in [6.07, 6.45) is 3.71. The number of carboxylic acids is 2. The molecule has 2 unspecified atom stereocenters. The molecule has 4 aromatic heterocycles. The summed E-state index contributed by atoms with van der Waals surface area (Å²) >= 11 is 0. The van der Waals surface area contributed by atoms with Crippen LogP contribution in [0.3, 0.4) is 0 Å². The Bertz CT molecular complexity index is 3640.